The van der Waals surface area contributed by atoms with Crippen LogP contribution in [-0.2, 0) is 4.74 Å². The summed E-state index contributed by atoms with van der Waals surface area (Å²) < 4.78 is 5.30. The molecule has 5 heteroatoms. The molecule has 1 saturated carbocycles. The van der Waals surface area contributed by atoms with Crippen molar-refractivity contribution in [2.24, 2.45) is 11.8 Å². The lowest BCUT2D eigenvalue weighted by molar-refractivity contribution is -0.0355. The molecule has 136 valence electrons. The molecular weight excluding hydrogens is 294 g/mol. The Labute approximate surface area is 140 Å². The number of aliphatic hydroxyl groups excluding tert-OH is 2. The van der Waals surface area contributed by atoms with Gasteiger partial charge in [-0.25, -0.2) is 4.79 Å². The van der Waals surface area contributed by atoms with Crippen LogP contribution in [0.15, 0.2) is 0 Å². The van der Waals surface area contributed by atoms with E-state index in [0.717, 1.165) is 12.8 Å². The zero-order chi connectivity index (χ0) is 17.6. The zero-order valence-electron chi connectivity index (χ0n) is 15.3. The summed E-state index contributed by atoms with van der Waals surface area (Å²) in [6.45, 7) is 9.14. The molecule has 0 radical (unpaired) electrons. The fraction of sp³-hybridized carbons (Fsp3) is 0.944. The van der Waals surface area contributed by atoms with Crippen LogP contribution in [0.1, 0.15) is 73.1 Å². The molecule has 2 unspecified atom stereocenters. The molecule has 3 N–H and O–H groups in total. The molecule has 1 aliphatic rings. The molecule has 0 saturated heterocycles. The van der Waals surface area contributed by atoms with Crippen LogP contribution in [0.2, 0.25) is 0 Å². The van der Waals surface area contributed by atoms with E-state index in [-0.39, 0.29) is 5.92 Å². The number of aliphatic hydroxyl groups is 2. The van der Waals surface area contributed by atoms with Gasteiger partial charge in [0.15, 0.2) is 0 Å². The van der Waals surface area contributed by atoms with Gasteiger partial charge in [-0.1, -0.05) is 46.0 Å². The van der Waals surface area contributed by atoms with Crippen LogP contribution >= 0.6 is 0 Å². The average Bonchev–Trinajstić information content (AvgIpc) is 2.44. The summed E-state index contributed by atoms with van der Waals surface area (Å²) in [4.78, 5) is 12.1. The maximum Gasteiger partial charge on any atom is 0.407 e. The van der Waals surface area contributed by atoms with Gasteiger partial charge in [-0.15, -0.1) is 0 Å². The van der Waals surface area contributed by atoms with Crippen molar-refractivity contribution in [3.63, 3.8) is 0 Å². The summed E-state index contributed by atoms with van der Waals surface area (Å²) in [6, 6.07) is -0.481. The smallest absolute Gasteiger partial charge is 0.407 e. The van der Waals surface area contributed by atoms with E-state index in [4.69, 9.17) is 4.74 Å². The van der Waals surface area contributed by atoms with Crippen molar-refractivity contribution in [2.45, 2.75) is 97.0 Å². The molecule has 1 aliphatic carbocycles. The summed E-state index contributed by atoms with van der Waals surface area (Å²) in [6.07, 6.45) is 4.21. The topological polar surface area (TPSA) is 78.8 Å². The van der Waals surface area contributed by atoms with Gasteiger partial charge in [0.25, 0.3) is 0 Å². The first-order chi connectivity index (χ1) is 10.6. The van der Waals surface area contributed by atoms with E-state index in [9.17, 15) is 15.0 Å². The van der Waals surface area contributed by atoms with Crippen LogP contribution in [0, 0.1) is 11.8 Å². The van der Waals surface area contributed by atoms with Gasteiger partial charge in [0.05, 0.1) is 12.1 Å². The van der Waals surface area contributed by atoms with Crippen LogP contribution in [0.3, 0.4) is 0 Å². The Bertz CT molecular complexity index is 359. The second-order valence-corrected chi connectivity index (χ2v) is 8.22. The number of rotatable bonds is 6. The standard InChI is InChI=1S/C18H35NO4/c1-12(2)15(20)16(21)14(11-13-9-7-6-8-10-13)19-17(22)23-18(3,4)5/h12-16,20-21H,6-11H2,1-5H3,(H,19,22)/t14-,15?,16?/m1/s1. The summed E-state index contributed by atoms with van der Waals surface area (Å²) in [5.74, 6) is 0.414. The maximum atomic E-state index is 12.1. The molecule has 0 bridgehead atoms. The predicted octanol–water partition coefficient (Wildman–Crippen LogP) is 3.23. The monoisotopic (exact) mass is 329 g/mol. The Morgan fingerprint density at radius 1 is 1.13 bits per heavy atom. The predicted molar refractivity (Wildman–Crippen MR) is 91.2 cm³/mol. The van der Waals surface area contributed by atoms with Crippen molar-refractivity contribution in [3.05, 3.63) is 0 Å². The van der Waals surface area contributed by atoms with E-state index < -0.39 is 29.9 Å². The largest absolute Gasteiger partial charge is 0.444 e. The number of alkyl carbamates (subject to hydrolysis) is 1. The van der Waals surface area contributed by atoms with Crippen LogP contribution in [0.5, 0.6) is 0 Å². The number of ether oxygens (including phenoxy) is 1. The number of carbonyl (C=O) groups is 1. The molecule has 0 spiro atoms. The van der Waals surface area contributed by atoms with E-state index in [1.807, 2.05) is 34.6 Å². The quantitative estimate of drug-likeness (QED) is 0.699. The first-order valence-corrected chi connectivity index (χ1v) is 8.96. The van der Waals surface area contributed by atoms with Gasteiger partial charge >= 0.3 is 6.09 Å². The van der Waals surface area contributed by atoms with Crippen LogP contribution in [-0.4, -0.2) is 40.2 Å². The first kappa shape index (κ1) is 20.2. The van der Waals surface area contributed by atoms with Gasteiger partial charge in [0.2, 0.25) is 0 Å². The van der Waals surface area contributed by atoms with Gasteiger partial charge in [-0.2, -0.15) is 0 Å². The van der Waals surface area contributed by atoms with Crippen LogP contribution < -0.4 is 5.32 Å². The molecule has 0 aromatic heterocycles. The maximum absolute atomic E-state index is 12.1. The van der Waals surface area contributed by atoms with Gasteiger partial charge in [0.1, 0.15) is 11.7 Å². The fourth-order valence-corrected chi connectivity index (χ4v) is 3.16. The molecule has 5 nitrogen and oxygen atoms in total. The fourth-order valence-electron chi connectivity index (χ4n) is 3.16. The van der Waals surface area contributed by atoms with E-state index >= 15 is 0 Å². The molecule has 23 heavy (non-hydrogen) atoms. The van der Waals surface area contributed by atoms with E-state index in [0.29, 0.717) is 12.3 Å². The minimum Gasteiger partial charge on any atom is -0.444 e. The van der Waals surface area contributed by atoms with Crippen molar-refractivity contribution >= 4 is 6.09 Å². The van der Waals surface area contributed by atoms with Crippen molar-refractivity contribution in [1.82, 2.24) is 5.32 Å². The molecule has 1 amide bonds. The minimum atomic E-state index is -0.982. The Balaban J connectivity index is 2.72. The highest BCUT2D eigenvalue weighted by molar-refractivity contribution is 5.68. The molecular formula is C18H35NO4. The van der Waals surface area contributed by atoms with Gasteiger partial charge in [-0.3, -0.25) is 0 Å². The van der Waals surface area contributed by atoms with Crippen molar-refractivity contribution < 1.29 is 19.7 Å². The Morgan fingerprint density at radius 3 is 2.17 bits per heavy atom. The summed E-state index contributed by atoms with van der Waals surface area (Å²) in [7, 11) is 0. The second-order valence-electron chi connectivity index (χ2n) is 8.22. The van der Waals surface area contributed by atoms with E-state index in [2.05, 4.69) is 5.32 Å². The lowest BCUT2D eigenvalue weighted by Gasteiger charge is -2.33. The highest BCUT2D eigenvalue weighted by atomic mass is 16.6. The normalized spacial score (nSPS) is 20.9. The zero-order valence-corrected chi connectivity index (χ0v) is 15.3. The van der Waals surface area contributed by atoms with Crippen LogP contribution in [0.4, 0.5) is 4.79 Å². The Hall–Kier alpha value is -0.810. The number of hydrogen-bond acceptors (Lipinski definition) is 4. The van der Waals surface area contributed by atoms with Gasteiger partial charge in [0, 0.05) is 0 Å². The third-order valence-electron chi connectivity index (χ3n) is 4.46. The number of carbonyl (C=O) groups excluding carboxylic acids is 1. The highest BCUT2D eigenvalue weighted by Crippen LogP contribution is 2.29. The summed E-state index contributed by atoms with van der Waals surface area (Å²) in [5.41, 5.74) is -0.582. The highest BCUT2D eigenvalue weighted by Gasteiger charge is 2.33. The number of nitrogens with one attached hydrogen (secondary N) is 1. The lowest BCUT2D eigenvalue weighted by atomic mass is 9.82. The van der Waals surface area contributed by atoms with Gasteiger partial charge < -0.3 is 20.3 Å². The molecule has 1 rings (SSSR count). The SMILES string of the molecule is CC(C)C(O)C(O)[C@@H](CC1CCCCC1)NC(=O)OC(C)(C)C. The van der Waals surface area contributed by atoms with Crippen molar-refractivity contribution in [1.29, 1.82) is 0 Å². The average molecular weight is 329 g/mol. The first-order valence-electron chi connectivity index (χ1n) is 8.96. The minimum absolute atomic E-state index is 0.0701. The van der Waals surface area contributed by atoms with E-state index in [1.54, 1.807) is 0 Å². The third kappa shape index (κ3) is 7.53. The third-order valence-corrected chi connectivity index (χ3v) is 4.46. The van der Waals surface area contributed by atoms with E-state index in [1.165, 1.54) is 19.3 Å². The summed E-state index contributed by atoms with van der Waals surface area (Å²) in [5, 5.41) is 23.5. The molecule has 1 fully saturated rings. The molecule has 0 aromatic rings. The lowest BCUT2D eigenvalue weighted by Crippen LogP contribution is -2.51. The van der Waals surface area contributed by atoms with Crippen molar-refractivity contribution in [2.75, 3.05) is 0 Å². The van der Waals surface area contributed by atoms with Gasteiger partial charge in [-0.05, 0) is 39.0 Å². The Kier molecular flexibility index (Phi) is 7.81. The van der Waals surface area contributed by atoms with Crippen LogP contribution in [0.25, 0.3) is 0 Å². The molecule has 0 aromatic carbocycles. The molecule has 0 heterocycles. The molecule has 3 atom stereocenters. The number of hydrogen-bond donors (Lipinski definition) is 3. The number of amides is 1. The second kappa shape index (κ2) is 8.88. The van der Waals surface area contributed by atoms with Crippen molar-refractivity contribution in [3.8, 4) is 0 Å². The molecule has 0 aliphatic heterocycles. The summed E-state index contributed by atoms with van der Waals surface area (Å²) >= 11 is 0. The Morgan fingerprint density at radius 2 is 1.70 bits per heavy atom.